The highest BCUT2D eigenvalue weighted by molar-refractivity contribution is 5.93. The van der Waals surface area contributed by atoms with Crippen LogP contribution in [0.5, 0.6) is 0 Å². The number of aromatic amines is 2. The molecule has 4 N–H and O–H groups in total. The number of hydrogen-bond acceptors (Lipinski definition) is 4. The lowest BCUT2D eigenvalue weighted by Crippen LogP contribution is -2.11. The molecule has 3 rings (SSSR count). The maximum atomic E-state index is 12.1. The number of fused-ring (bicyclic) bond motifs is 1. The highest BCUT2D eigenvalue weighted by Gasteiger charge is 2.15. The van der Waals surface area contributed by atoms with Crippen LogP contribution in [0.25, 0.3) is 22.4 Å². The van der Waals surface area contributed by atoms with Crippen molar-refractivity contribution in [3.8, 4) is 11.4 Å². The van der Waals surface area contributed by atoms with Crippen LogP contribution >= 0.6 is 0 Å². The Morgan fingerprint density at radius 1 is 1.18 bits per heavy atom. The molecule has 7 nitrogen and oxygen atoms in total. The number of aromatic nitrogens is 4. The van der Waals surface area contributed by atoms with Gasteiger partial charge in [-0.3, -0.25) is 14.7 Å². The second-order valence-electron chi connectivity index (χ2n) is 5.35. The predicted octanol–water partition coefficient (Wildman–Crippen LogP) is 1.54. The van der Waals surface area contributed by atoms with Gasteiger partial charge in [-0.2, -0.15) is 5.10 Å². The van der Waals surface area contributed by atoms with Crippen LogP contribution in [0.4, 0.5) is 0 Å². The van der Waals surface area contributed by atoms with Crippen molar-refractivity contribution in [1.82, 2.24) is 20.2 Å². The second kappa shape index (κ2) is 5.10. The first kappa shape index (κ1) is 14.0. The van der Waals surface area contributed by atoms with E-state index in [1.54, 1.807) is 24.3 Å². The van der Waals surface area contributed by atoms with Gasteiger partial charge in [-0.25, -0.2) is 4.98 Å². The fourth-order valence-electron chi connectivity index (χ4n) is 2.26. The number of amides is 1. The number of primary amides is 1. The van der Waals surface area contributed by atoms with Gasteiger partial charge in [0.2, 0.25) is 5.91 Å². The molecule has 2 aromatic heterocycles. The van der Waals surface area contributed by atoms with Crippen LogP contribution < -0.4 is 11.3 Å². The molecule has 0 spiro atoms. The molecule has 3 aromatic rings. The zero-order chi connectivity index (χ0) is 15.9. The van der Waals surface area contributed by atoms with E-state index < -0.39 is 5.91 Å². The topological polar surface area (TPSA) is 118 Å². The molecule has 0 aliphatic rings. The van der Waals surface area contributed by atoms with E-state index in [9.17, 15) is 9.59 Å². The summed E-state index contributed by atoms with van der Waals surface area (Å²) in [6.45, 7) is 3.99. The maximum Gasteiger partial charge on any atom is 0.279 e. The Hall–Kier alpha value is -2.96. The number of carbonyl (C=O) groups excluding carboxylic acids is 1. The summed E-state index contributed by atoms with van der Waals surface area (Å²) in [6.07, 6.45) is 0. The van der Waals surface area contributed by atoms with Gasteiger partial charge in [0.05, 0.1) is 5.69 Å². The predicted molar refractivity (Wildman–Crippen MR) is 82.6 cm³/mol. The molecule has 7 heteroatoms. The molecule has 0 unspecified atom stereocenters. The van der Waals surface area contributed by atoms with Crippen LogP contribution in [0.3, 0.4) is 0 Å². The van der Waals surface area contributed by atoms with Crippen molar-refractivity contribution < 1.29 is 4.79 Å². The van der Waals surface area contributed by atoms with Crippen molar-refractivity contribution >= 4 is 16.9 Å². The number of nitrogens with one attached hydrogen (secondary N) is 2. The van der Waals surface area contributed by atoms with Crippen molar-refractivity contribution in [3.63, 3.8) is 0 Å². The quantitative estimate of drug-likeness (QED) is 0.679. The molecule has 0 atom stereocenters. The molecule has 0 saturated carbocycles. The third kappa shape index (κ3) is 2.26. The number of carbonyl (C=O) groups is 1. The first-order valence-corrected chi connectivity index (χ1v) is 6.86. The summed E-state index contributed by atoms with van der Waals surface area (Å²) in [5, 5.41) is 6.88. The fraction of sp³-hybridized carbons (Fsp3) is 0.200. The van der Waals surface area contributed by atoms with Crippen molar-refractivity contribution in [2.24, 2.45) is 5.73 Å². The van der Waals surface area contributed by atoms with E-state index in [-0.39, 0.29) is 11.5 Å². The number of nitrogens with two attached hydrogens (primary N) is 1. The lowest BCUT2D eigenvalue weighted by molar-refractivity contribution is 0.100. The van der Waals surface area contributed by atoms with Crippen LogP contribution in [0.15, 0.2) is 29.1 Å². The van der Waals surface area contributed by atoms with Gasteiger partial charge in [0.1, 0.15) is 11.3 Å². The number of H-pyrrole nitrogens is 2. The molecule has 0 bridgehead atoms. The fourth-order valence-corrected chi connectivity index (χ4v) is 2.26. The molecule has 0 fully saturated rings. The average Bonchev–Trinajstić information content (AvgIpc) is 2.92. The van der Waals surface area contributed by atoms with Crippen molar-refractivity contribution in [3.05, 3.63) is 45.9 Å². The zero-order valence-electron chi connectivity index (χ0n) is 12.2. The smallest absolute Gasteiger partial charge is 0.279 e. The Morgan fingerprint density at radius 3 is 2.45 bits per heavy atom. The van der Waals surface area contributed by atoms with Crippen molar-refractivity contribution in [1.29, 1.82) is 0 Å². The highest BCUT2D eigenvalue weighted by atomic mass is 16.1. The molecule has 0 radical (unpaired) electrons. The summed E-state index contributed by atoms with van der Waals surface area (Å²) < 4.78 is 0. The van der Waals surface area contributed by atoms with E-state index >= 15 is 0 Å². The summed E-state index contributed by atoms with van der Waals surface area (Å²) in [7, 11) is 0. The minimum Gasteiger partial charge on any atom is -0.366 e. The van der Waals surface area contributed by atoms with Gasteiger partial charge in [-0.05, 0) is 18.1 Å². The molecule has 22 heavy (non-hydrogen) atoms. The Balaban J connectivity index is 2.16. The number of rotatable bonds is 3. The van der Waals surface area contributed by atoms with E-state index in [2.05, 4.69) is 20.2 Å². The lowest BCUT2D eigenvalue weighted by atomic mass is 10.1. The van der Waals surface area contributed by atoms with Gasteiger partial charge in [-0.1, -0.05) is 26.0 Å². The van der Waals surface area contributed by atoms with Crippen LogP contribution in [0.2, 0.25) is 0 Å². The number of nitrogens with zero attached hydrogens (tertiary/aromatic N) is 2. The van der Waals surface area contributed by atoms with Crippen molar-refractivity contribution in [2.75, 3.05) is 0 Å². The van der Waals surface area contributed by atoms with Crippen LogP contribution in [-0.4, -0.2) is 26.1 Å². The molecule has 1 aromatic carbocycles. The van der Waals surface area contributed by atoms with E-state index in [0.29, 0.717) is 28.0 Å². The minimum atomic E-state index is -0.500. The van der Waals surface area contributed by atoms with Gasteiger partial charge < -0.3 is 10.7 Å². The van der Waals surface area contributed by atoms with Gasteiger partial charge >= 0.3 is 0 Å². The van der Waals surface area contributed by atoms with Gasteiger partial charge in [0, 0.05) is 11.1 Å². The van der Waals surface area contributed by atoms with Gasteiger partial charge in [-0.15, -0.1) is 0 Å². The third-order valence-electron chi connectivity index (χ3n) is 3.46. The summed E-state index contributed by atoms with van der Waals surface area (Å²) in [5.74, 6) is 0.0987. The Labute approximate surface area is 125 Å². The Kier molecular flexibility index (Phi) is 3.25. The zero-order valence-corrected chi connectivity index (χ0v) is 12.2. The summed E-state index contributed by atoms with van der Waals surface area (Å²) >= 11 is 0. The molecule has 0 aliphatic heterocycles. The summed E-state index contributed by atoms with van der Waals surface area (Å²) in [6, 6.07) is 6.58. The number of hydrogen-bond donors (Lipinski definition) is 3. The molecule has 0 aliphatic carbocycles. The minimum absolute atomic E-state index is 0.171. The molecular weight excluding hydrogens is 282 g/mol. The Bertz CT molecular complexity index is 906. The molecule has 2 heterocycles. The molecule has 0 saturated heterocycles. The summed E-state index contributed by atoms with van der Waals surface area (Å²) in [4.78, 5) is 30.4. The summed E-state index contributed by atoms with van der Waals surface area (Å²) in [5.41, 5.74) is 7.68. The highest BCUT2D eigenvalue weighted by Crippen LogP contribution is 2.21. The second-order valence-corrected chi connectivity index (χ2v) is 5.35. The standard InChI is InChI=1S/C15H15N5O2/c1-7(2)10-11-12(20-19-10)15(22)18-14(17-11)9-5-3-8(4-6-9)13(16)21/h3-7H,1-2H3,(H2,16,21)(H,19,20)(H,17,18,22). The first-order chi connectivity index (χ1) is 10.5. The largest absolute Gasteiger partial charge is 0.366 e. The van der Waals surface area contributed by atoms with E-state index in [4.69, 9.17) is 5.73 Å². The molecule has 112 valence electrons. The van der Waals surface area contributed by atoms with Crippen molar-refractivity contribution in [2.45, 2.75) is 19.8 Å². The molecular formula is C15H15N5O2. The monoisotopic (exact) mass is 297 g/mol. The maximum absolute atomic E-state index is 12.1. The third-order valence-corrected chi connectivity index (χ3v) is 3.46. The van der Waals surface area contributed by atoms with E-state index in [1.165, 1.54) is 0 Å². The van der Waals surface area contributed by atoms with E-state index in [0.717, 1.165) is 5.69 Å². The molecule has 1 amide bonds. The van der Waals surface area contributed by atoms with Crippen LogP contribution in [-0.2, 0) is 0 Å². The van der Waals surface area contributed by atoms with Gasteiger partial charge in [0.15, 0.2) is 5.52 Å². The SMILES string of the molecule is CC(C)c1[nH]nc2c(=O)[nH]c(-c3ccc(C(N)=O)cc3)nc12. The van der Waals surface area contributed by atoms with E-state index in [1.807, 2.05) is 13.8 Å². The lowest BCUT2D eigenvalue weighted by Gasteiger charge is -2.04. The Morgan fingerprint density at radius 2 is 1.86 bits per heavy atom. The number of benzene rings is 1. The average molecular weight is 297 g/mol. The first-order valence-electron chi connectivity index (χ1n) is 6.86. The van der Waals surface area contributed by atoms with Gasteiger partial charge in [0.25, 0.3) is 5.56 Å². The van der Waals surface area contributed by atoms with Crippen LogP contribution in [0, 0.1) is 0 Å². The normalized spacial score (nSPS) is 11.2. The van der Waals surface area contributed by atoms with Crippen LogP contribution in [0.1, 0.15) is 35.8 Å².